The first-order chi connectivity index (χ1) is 13.3. The molecule has 166 valence electrons. The molecule has 0 radical (unpaired) electrons. The molecule has 0 aromatic carbocycles. The van der Waals surface area contributed by atoms with E-state index in [9.17, 15) is 0 Å². The van der Waals surface area contributed by atoms with Crippen molar-refractivity contribution in [3.8, 4) is 0 Å². The van der Waals surface area contributed by atoms with Gasteiger partial charge in [0.25, 0.3) is 0 Å². The molecule has 7 atom stereocenters. The largest absolute Gasteiger partial charge is 0.547 e. The van der Waals surface area contributed by atoms with E-state index in [0.29, 0.717) is 16.9 Å². The second kappa shape index (κ2) is 7.23. The maximum absolute atomic E-state index is 6.63. The molecule has 0 aliphatic heterocycles. The van der Waals surface area contributed by atoms with Crippen LogP contribution in [0, 0.1) is 34.5 Å². The van der Waals surface area contributed by atoms with Crippen LogP contribution in [0.1, 0.15) is 65.2 Å². The van der Waals surface area contributed by atoms with Crippen LogP contribution in [0.2, 0.25) is 39.3 Å². The Kier molecular flexibility index (Phi) is 5.52. The standard InChI is InChI=1S/C25H46O2Si2/c1-24-15-13-19(26-28(3,4)5)17-18(24)9-10-20-21-11-12-23(27-29(6,7)8)25(21,2)16-14-22(20)24/h12,18-22H,9-11,13-17H2,1-8H3/t18-,19-,20?,21?,22?,24-,25-/m0/s1. The van der Waals surface area contributed by atoms with Gasteiger partial charge in [-0.15, -0.1) is 0 Å². The highest BCUT2D eigenvalue weighted by molar-refractivity contribution is 6.70. The summed E-state index contributed by atoms with van der Waals surface area (Å²) in [4.78, 5) is 0. The highest BCUT2D eigenvalue weighted by atomic mass is 28.4. The topological polar surface area (TPSA) is 18.5 Å². The lowest BCUT2D eigenvalue weighted by Crippen LogP contribution is -2.54. The third-order valence-electron chi connectivity index (χ3n) is 9.06. The van der Waals surface area contributed by atoms with Gasteiger partial charge in [-0.05, 0) is 126 Å². The maximum atomic E-state index is 6.63. The van der Waals surface area contributed by atoms with E-state index in [1.165, 1.54) is 57.1 Å². The minimum Gasteiger partial charge on any atom is -0.547 e. The van der Waals surface area contributed by atoms with Gasteiger partial charge in [-0.25, -0.2) is 0 Å². The normalized spacial score (nSPS) is 45.1. The zero-order valence-electron chi connectivity index (χ0n) is 20.4. The van der Waals surface area contributed by atoms with Gasteiger partial charge in [0.15, 0.2) is 8.32 Å². The number of rotatable bonds is 4. The average molecular weight is 435 g/mol. The molecule has 3 saturated carbocycles. The molecular formula is C25H46O2Si2. The molecule has 4 rings (SSSR count). The van der Waals surface area contributed by atoms with E-state index < -0.39 is 16.6 Å². The maximum Gasteiger partial charge on any atom is 0.241 e. The quantitative estimate of drug-likeness (QED) is 0.424. The summed E-state index contributed by atoms with van der Waals surface area (Å²) in [5.74, 6) is 4.91. The molecule has 0 spiro atoms. The highest BCUT2D eigenvalue weighted by Crippen LogP contribution is 2.66. The van der Waals surface area contributed by atoms with Crippen LogP contribution >= 0.6 is 0 Å². The monoisotopic (exact) mass is 434 g/mol. The summed E-state index contributed by atoms with van der Waals surface area (Å²) in [6.07, 6.45) is 13.9. The van der Waals surface area contributed by atoms with Crippen LogP contribution in [0.25, 0.3) is 0 Å². The summed E-state index contributed by atoms with van der Waals surface area (Å²) in [5.41, 5.74) is 0.856. The fourth-order valence-electron chi connectivity index (χ4n) is 7.84. The van der Waals surface area contributed by atoms with Gasteiger partial charge in [0.2, 0.25) is 8.32 Å². The van der Waals surface area contributed by atoms with Crippen LogP contribution in [0.3, 0.4) is 0 Å². The molecule has 0 amide bonds. The SMILES string of the molecule is C[C@]12CCC3C(CC[C@H]4C[C@@H](O[Si](C)(C)C)CC[C@]34C)C1CC=C2O[Si](C)(C)C. The molecule has 0 saturated heterocycles. The van der Waals surface area contributed by atoms with Gasteiger partial charge < -0.3 is 8.85 Å². The Labute approximate surface area is 182 Å². The summed E-state index contributed by atoms with van der Waals surface area (Å²) in [6.45, 7) is 19.3. The Hall–Kier alpha value is -0.0662. The lowest BCUT2D eigenvalue weighted by molar-refractivity contribution is -0.119. The third-order valence-corrected chi connectivity index (χ3v) is 10.9. The van der Waals surface area contributed by atoms with Crippen molar-refractivity contribution in [1.82, 2.24) is 0 Å². The predicted molar refractivity (Wildman–Crippen MR) is 128 cm³/mol. The number of hydrogen-bond acceptors (Lipinski definition) is 2. The Morgan fingerprint density at radius 3 is 2.24 bits per heavy atom. The molecule has 0 heterocycles. The van der Waals surface area contributed by atoms with Crippen LogP contribution < -0.4 is 0 Å². The lowest BCUT2D eigenvalue weighted by atomic mass is 9.45. The summed E-state index contributed by atoms with van der Waals surface area (Å²) in [7, 11) is -2.97. The van der Waals surface area contributed by atoms with Gasteiger partial charge in [0.05, 0.1) is 5.76 Å². The summed E-state index contributed by atoms with van der Waals surface area (Å²) < 4.78 is 13.2. The Morgan fingerprint density at radius 2 is 1.59 bits per heavy atom. The van der Waals surface area contributed by atoms with Gasteiger partial charge in [0.1, 0.15) is 0 Å². The second-order valence-electron chi connectivity index (χ2n) is 13.3. The molecule has 4 aliphatic carbocycles. The summed E-state index contributed by atoms with van der Waals surface area (Å²) in [5, 5.41) is 0. The Bertz CT molecular complexity index is 661. The van der Waals surface area contributed by atoms with Crippen molar-refractivity contribution in [3.63, 3.8) is 0 Å². The molecule has 0 aromatic rings. The second-order valence-corrected chi connectivity index (χ2v) is 22.1. The minimum absolute atomic E-state index is 0.308. The van der Waals surface area contributed by atoms with E-state index in [4.69, 9.17) is 8.85 Å². The molecule has 0 N–H and O–H groups in total. The van der Waals surface area contributed by atoms with Gasteiger partial charge in [-0.1, -0.05) is 13.8 Å². The zero-order valence-corrected chi connectivity index (χ0v) is 22.4. The van der Waals surface area contributed by atoms with E-state index in [2.05, 4.69) is 59.2 Å². The van der Waals surface area contributed by atoms with Crippen molar-refractivity contribution in [1.29, 1.82) is 0 Å². The van der Waals surface area contributed by atoms with Gasteiger partial charge in [-0.3, -0.25) is 0 Å². The van der Waals surface area contributed by atoms with Gasteiger partial charge in [0, 0.05) is 11.5 Å². The molecule has 4 heteroatoms. The van der Waals surface area contributed by atoms with Crippen LogP contribution in [0.15, 0.2) is 11.8 Å². The van der Waals surface area contributed by atoms with Crippen LogP contribution in [0.5, 0.6) is 0 Å². The summed E-state index contributed by atoms with van der Waals surface area (Å²) >= 11 is 0. The fraction of sp³-hybridized carbons (Fsp3) is 0.920. The lowest BCUT2D eigenvalue weighted by Gasteiger charge is -2.61. The van der Waals surface area contributed by atoms with E-state index >= 15 is 0 Å². The van der Waals surface area contributed by atoms with Crippen molar-refractivity contribution in [2.24, 2.45) is 34.5 Å². The first kappa shape index (κ1) is 22.1. The van der Waals surface area contributed by atoms with Crippen molar-refractivity contribution >= 4 is 16.6 Å². The molecule has 2 nitrogen and oxygen atoms in total. The minimum atomic E-state index is -1.54. The average Bonchev–Trinajstić information content (AvgIpc) is 2.89. The predicted octanol–water partition coefficient (Wildman–Crippen LogP) is 7.59. The molecule has 29 heavy (non-hydrogen) atoms. The number of fused-ring (bicyclic) bond motifs is 5. The van der Waals surface area contributed by atoms with E-state index in [0.717, 1.165) is 23.7 Å². The van der Waals surface area contributed by atoms with E-state index in [1.54, 1.807) is 0 Å². The fourth-order valence-corrected chi connectivity index (χ4v) is 10.0. The third kappa shape index (κ3) is 4.07. The molecule has 0 aromatic heterocycles. The van der Waals surface area contributed by atoms with Crippen molar-refractivity contribution in [2.75, 3.05) is 0 Å². The van der Waals surface area contributed by atoms with E-state index in [-0.39, 0.29) is 0 Å². The van der Waals surface area contributed by atoms with Crippen LogP contribution in [0.4, 0.5) is 0 Å². The van der Waals surface area contributed by atoms with Crippen molar-refractivity contribution in [3.05, 3.63) is 11.8 Å². The smallest absolute Gasteiger partial charge is 0.241 e. The van der Waals surface area contributed by atoms with Gasteiger partial charge >= 0.3 is 0 Å². The van der Waals surface area contributed by atoms with Crippen LogP contribution in [-0.2, 0) is 8.85 Å². The molecular weight excluding hydrogens is 388 g/mol. The van der Waals surface area contributed by atoms with E-state index in [1.807, 2.05) is 0 Å². The molecule has 4 aliphatic rings. The Balaban J connectivity index is 1.49. The molecule has 3 fully saturated rings. The first-order valence-electron chi connectivity index (χ1n) is 12.4. The number of allylic oxidation sites excluding steroid dienone is 2. The zero-order chi connectivity index (χ0) is 21.2. The van der Waals surface area contributed by atoms with Crippen molar-refractivity contribution < 1.29 is 8.85 Å². The molecule has 0 bridgehead atoms. The number of hydrogen-bond donors (Lipinski definition) is 0. The Morgan fingerprint density at radius 1 is 0.862 bits per heavy atom. The summed E-state index contributed by atoms with van der Waals surface area (Å²) in [6, 6.07) is 0. The van der Waals surface area contributed by atoms with Crippen LogP contribution in [-0.4, -0.2) is 22.7 Å². The van der Waals surface area contributed by atoms with Gasteiger partial charge in [-0.2, -0.15) is 0 Å². The molecule has 3 unspecified atom stereocenters. The highest BCUT2D eigenvalue weighted by Gasteiger charge is 2.59. The van der Waals surface area contributed by atoms with Crippen molar-refractivity contribution in [2.45, 2.75) is 111 Å². The first-order valence-corrected chi connectivity index (χ1v) is 19.2.